The lowest BCUT2D eigenvalue weighted by atomic mass is 10.1. The van der Waals surface area contributed by atoms with Gasteiger partial charge >= 0.3 is 0 Å². The van der Waals surface area contributed by atoms with Crippen LogP contribution in [0.15, 0.2) is 45.3 Å². The lowest BCUT2D eigenvalue weighted by molar-refractivity contribution is 0.469. The summed E-state index contributed by atoms with van der Waals surface area (Å²) in [6.45, 7) is 0. The molecule has 3 heteroatoms. The van der Waals surface area contributed by atoms with Crippen molar-refractivity contribution in [2.75, 3.05) is 0 Å². The first kappa shape index (κ1) is 8.80. The molecule has 0 bridgehead atoms. The number of halogens is 1. The average molecular weight is 263 g/mol. The number of aromatic hydroxyl groups is 1. The molecule has 0 fully saturated rings. The van der Waals surface area contributed by atoms with Crippen LogP contribution in [0.4, 0.5) is 0 Å². The first-order valence-electron chi connectivity index (χ1n) is 4.55. The highest BCUT2D eigenvalue weighted by Gasteiger charge is 2.09. The van der Waals surface area contributed by atoms with Gasteiger partial charge in [0.25, 0.3) is 0 Å². The minimum atomic E-state index is 0.180. The third-order valence-electron chi connectivity index (χ3n) is 2.44. The summed E-state index contributed by atoms with van der Waals surface area (Å²) in [6, 6.07) is 11.2. The molecular formula is C12H7BrO2. The van der Waals surface area contributed by atoms with Crippen LogP contribution in [0, 0.1) is 0 Å². The normalized spacial score (nSPS) is 11.3. The highest BCUT2D eigenvalue weighted by Crippen LogP contribution is 2.34. The van der Waals surface area contributed by atoms with Gasteiger partial charge in [0.15, 0.2) is 11.3 Å². The second-order valence-corrected chi connectivity index (χ2v) is 4.31. The zero-order valence-corrected chi connectivity index (χ0v) is 9.28. The Labute approximate surface area is 94.3 Å². The lowest BCUT2D eigenvalue weighted by Gasteiger charge is -1.91. The van der Waals surface area contributed by atoms with Crippen LogP contribution < -0.4 is 0 Å². The molecule has 0 saturated carbocycles. The fourth-order valence-corrected chi connectivity index (χ4v) is 2.12. The molecule has 1 heterocycles. The van der Waals surface area contributed by atoms with Crippen molar-refractivity contribution in [3.63, 3.8) is 0 Å². The Balaban J connectivity index is 2.58. The standard InChI is InChI=1S/C12H7BrO2/c13-7-4-5-11-9(6-7)8-2-1-3-10(14)12(8)15-11/h1-6,14H. The summed E-state index contributed by atoms with van der Waals surface area (Å²) in [6.07, 6.45) is 0. The Morgan fingerprint density at radius 2 is 1.93 bits per heavy atom. The molecule has 0 amide bonds. The minimum Gasteiger partial charge on any atom is -0.504 e. The van der Waals surface area contributed by atoms with E-state index in [-0.39, 0.29) is 5.75 Å². The van der Waals surface area contributed by atoms with Crippen molar-refractivity contribution in [3.8, 4) is 5.75 Å². The van der Waals surface area contributed by atoms with Crippen LogP contribution in [0.2, 0.25) is 0 Å². The molecule has 0 saturated heterocycles. The molecule has 0 aliphatic rings. The summed E-state index contributed by atoms with van der Waals surface area (Å²) < 4.78 is 6.57. The van der Waals surface area contributed by atoms with E-state index in [0.29, 0.717) is 5.58 Å². The van der Waals surface area contributed by atoms with E-state index in [2.05, 4.69) is 15.9 Å². The SMILES string of the molecule is Oc1cccc2c1oc1ccc(Br)cc12. The van der Waals surface area contributed by atoms with Gasteiger partial charge in [-0.2, -0.15) is 0 Å². The number of benzene rings is 2. The number of phenols is 1. The summed E-state index contributed by atoms with van der Waals surface area (Å²) >= 11 is 3.42. The zero-order chi connectivity index (χ0) is 10.4. The van der Waals surface area contributed by atoms with Crippen molar-refractivity contribution < 1.29 is 9.52 Å². The van der Waals surface area contributed by atoms with Crippen LogP contribution in [-0.2, 0) is 0 Å². The first-order chi connectivity index (χ1) is 7.25. The number of rotatable bonds is 0. The number of furan rings is 1. The summed E-state index contributed by atoms with van der Waals surface area (Å²) in [4.78, 5) is 0. The quantitative estimate of drug-likeness (QED) is 0.663. The van der Waals surface area contributed by atoms with Crippen molar-refractivity contribution in [2.24, 2.45) is 0 Å². The maximum atomic E-state index is 9.64. The van der Waals surface area contributed by atoms with Crippen LogP contribution in [-0.4, -0.2) is 5.11 Å². The van der Waals surface area contributed by atoms with Gasteiger partial charge in [-0.3, -0.25) is 0 Å². The van der Waals surface area contributed by atoms with E-state index in [9.17, 15) is 5.11 Å². The van der Waals surface area contributed by atoms with E-state index >= 15 is 0 Å². The zero-order valence-electron chi connectivity index (χ0n) is 7.70. The number of hydrogen-bond donors (Lipinski definition) is 1. The lowest BCUT2D eigenvalue weighted by Crippen LogP contribution is -1.67. The van der Waals surface area contributed by atoms with Crippen LogP contribution >= 0.6 is 15.9 Å². The molecule has 2 nitrogen and oxygen atoms in total. The molecular weight excluding hydrogens is 256 g/mol. The first-order valence-corrected chi connectivity index (χ1v) is 5.35. The van der Waals surface area contributed by atoms with E-state index in [1.165, 1.54) is 0 Å². The predicted molar refractivity (Wildman–Crippen MR) is 63.1 cm³/mol. The van der Waals surface area contributed by atoms with E-state index < -0.39 is 0 Å². The number of fused-ring (bicyclic) bond motifs is 3. The van der Waals surface area contributed by atoms with Crippen molar-refractivity contribution in [2.45, 2.75) is 0 Å². The molecule has 0 unspecified atom stereocenters. The van der Waals surface area contributed by atoms with Crippen molar-refractivity contribution >= 4 is 37.9 Å². The van der Waals surface area contributed by atoms with Crippen LogP contribution in [0.1, 0.15) is 0 Å². The van der Waals surface area contributed by atoms with Gasteiger partial charge in [0.05, 0.1) is 0 Å². The molecule has 3 aromatic rings. The highest BCUT2D eigenvalue weighted by molar-refractivity contribution is 9.10. The molecule has 1 N–H and O–H groups in total. The Morgan fingerprint density at radius 3 is 2.80 bits per heavy atom. The largest absolute Gasteiger partial charge is 0.504 e. The fraction of sp³-hybridized carbons (Fsp3) is 0. The molecule has 0 atom stereocenters. The number of hydrogen-bond acceptors (Lipinski definition) is 2. The van der Waals surface area contributed by atoms with Gasteiger partial charge in [-0.05, 0) is 24.3 Å². The summed E-state index contributed by atoms with van der Waals surface area (Å²) in [7, 11) is 0. The Hall–Kier alpha value is -1.48. The highest BCUT2D eigenvalue weighted by atomic mass is 79.9. The molecule has 74 valence electrons. The predicted octanol–water partition coefficient (Wildman–Crippen LogP) is 4.05. The average Bonchev–Trinajstić information content (AvgIpc) is 2.58. The summed E-state index contributed by atoms with van der Waals surface area (Å²) in [5, 5.41) is 11.6. The maximum absolute atomic E-state index is 9.64. The molecule has 0 spiro atoms. The number of para-hydroxylation sites is 1. The van der Waals surface area contributed by atoms with Gasteiger partial charge in [-0.15, -0.1) is 0 Å². The van der Waals surface area contributed by atoms with E-state index in [0.717, 1.165) is 20.8 Å². The van der Waals surface area contributed by atoms with E-state index in [1.54, 1.807) is 6.07 Å². The third-order valence-corrected chi connectivity index (χ3v) is 2.93. The van der Waals surface area contributed by atoms with Crippen LogP contribution in [0.5, 0.6) is 5.75 Å². The van der Waals surface area contributed by atoms with Gasteiger partial charge in [-0.1, -0.05) is 28.1 Å². The second kappa shape index (κ2) is 3.00. The maximum Gasteiger partial charge on any atom is 0.176 e. The summed E-state index contributed by atoms with van der Waals surface area (Å²) in [5.41, 5.74) is 1.33. The topological polar surface area (TPSA) is 33.4 Å². The molecule has 0 aliphatic heterocycles. The van der Waals surface area contributed by atoms with Crippen LogP contribution in [0.3, 0.4) is 0 Å². The Bertz CT molecular complexity index is 655. The van der Waals surface area contributed by atoms with Crippen molar-refractivity contribution in [3.05, 3.63) is 40.9 Å². The van der Waals surface area contributed by atoms with Gasteiger partial charge in [0, 0.05) is 15.2 Å². The number of phenolic OH excluding ortho intramolecular Hbond substituents is 1. The van der Waals surface area contributed by atoms with E-state index in [1.807, 2.05) is 30.3 Å². The fourth-order valence-electron chi connectivity index (χ4n) is 1.76. The Kier molecular flexibility index (Phi) is 1.76. The third kappa shape index (κ3) is 1.23. The van der Waals surface area contributed by atoms with Gasteiger partial charge in [0.1, 0.15) is 5.58 Å². The molecule has 0 aliphatic carbocycles. The molecule has 15 heavy (non-hydrogen) atoms. The molecule has 3 rings (SSSR count). The van der Waals surface area contributed by atoms with Crippen molar-refractivity contribution in [1.29, 1.82) is 0 Å². The smallest absolute Gasteiger partial charge is 0.176 e. The van der Waals surface area contributed by atoms with Crippen LogP contribution in [0.25, 0.3) is 21.9 Å². The minimum absolute atomic E-state index is 0.180. The monoisotopic (exact) mass is 262 g/mol. The van der Waals surface area contributed by atoms with Gasteiger partial charge in [-0.25, -0.2) is 0 Å². The molecule has 0 radical (unpaired) electrons. The van der Waals surface area contributed by atoms with Gasteiger partial charge < -0.3 is 9.52 Å². The van der Waals surface area contributed by atoms with Crippen molar-refractivity contribution in [1.82, 2.24) is 0 Å². The van der Waals surface area contributed by atoms with Gasteiger partial charge in [0.2, 0.25) is 0 Å². The molecule has 1 aromatic heterocycles. The Morgan fingerprint density at radius 1 is 1.07 bits per heavy atom. The molecule has 2 aromatic carbocycles. The second-order valence-electron chi connectivity index (χ2n) is 3.40. The summed E-state index contributed by atoms with van der Waals surface area (Å²) in [5.74, 6) is 0.180. The van der Waals surface area contributed by atoms with E-state index in [4.69, 9.17) is 4.42 Å².